The Morgan fingerprint density at radius 2 is 1.22 bits per heavy atom. The van der Waals surface area contributed by atoms with Crippen molar-refractivity contribution in [1.29, 1.82) is 5.26 Å². The van der Waals surface area contributed by atoms with E-state index in [9.17, 15) is 22.8 Å². The maximum absolute atomic E-state index is 14.6. The summed E-state index contributed by atoms with van der Waals surface area (Å²) >= 11 is 0. The average Bonchev–Trinajstić information content (AvgIpc) is 2.92. The highest BCUT2D eigenvalue weighted by Gasteiger charge is 2.22. The highest BCUT2D eigenvalue weighted by Crippen LogP contribution is 2.37. The van der Waals surface area contributed by atoms with Gasteiger partial charge in [0.25, 0.3) is 0 Å². The van der Waals surface area contributed by atoms with E-state index in [0.29, 0.717) is 16.2 Å². The second-order valence-electron chi connectivity index (χ2n) is 8.73. The van der Waals surface area contributed by atoms with E-state index in [1.54, 1.807) is 0 Å². The third kappa shape index (κ3) is 3.97. The molecule has 0 aliphatic rings. The van der Waals surface area contributed by atoms with Crippen LogP contribution < -0.4 is 61.4 Å². The molecule has 208 valence electrons. The number of nitriles is 1. The molecule has 13 nitrogen and oxygen atoms in total. The first-order valence-electron chi connectivity index (χ1n) is 11.3. The summed E-state index contributed by atoms with van der Waals surface area (Å²) < 4.78 is 58.0. The van der Waals surface area contributed by atoms with E-state index in [2.05, 4.69) is 25.8 Å². The lowest BCUT2D eigenvalue weighted by atomic mass is 10.0. The number of nitrogens with two attached hydrogens (primary N) is 7. The fourth-order valence-electron chi connectivity index (χ4n) is 4.26. The fourth-order valence-corrected chi connectivity index (χ4v) is 4.26. The van der Waals surface area contributed by atoms with Crippen LogP contribution in [0, 0.1) is 34.6 Å². The van der Waals surface area contributed by atoms with E-state index < -0.39 is 45.3 Å². The maximum Gasteiger partial charge on any atom is 0.173 e. The van der Waals surface area contributed by atoms with E-state index >= 15 is 0 Å². The number of pyridine rings is 3. The molecule has 16 N–H and O–H groups in total. The van der Waals surface area contributed by atoms with Crippen LogP contribution in [-0.2, 0) is 0 Å². The van der Waals surface area contributed by atoms with Gasteiger partial charge in [0.1, 0.15) is 40.7 Å². The Morgan fingerprint density at radius 1 is 0.683 bits per heavy atom. The normalized spacial score (nSPS) is 11.1. The fraction of sp³-hybridized carbons (Fsp3) is 0. The number of nitrogen functional groups attached to an aromatic ring is 4. The second-order valence-corrected chi connectivity index (χ2v) is 8.73. The third-order valence-corrected chi connectivity index (χ3v) is 6.23. The van der Waals surface area contributed by atoms with Gasteiger partial charge in [-0.3, -0.25) is 10.9 Å². The van der Waals surface area contributed by atoms with Crippen molar-refractivity contribution in [2.24, 2.45) is 17.2 Å². The Hall–Kier alpha value is -6.18. The Morgan fingerprint density at radius 3 is 1.83 bits per heavy atom. The minimum absolute atomic E-state index is 0.0113. The van der Waals surface area contributed by atoms with Gasteiger partial charge in [-0.25, -0.2) is 32.5 Å². The zero-order chi connectivity index (χ0) is 29.9. The average molecular weight is 565 g/mol. The van der Waals surface area contributed by atoms with E-state index in [0.717, 1.165) is 0 Å². The summed E-state index contributed by atoms with van der Waals surface area (Å²) in [6.07, 6.45) is 0. The van der Waals surface area contributed by atoms with Crippen molar-refractivity contribution in [2.75, 3.05) is 28.4 Å². The zero-order valence-corrected chi connectivity index (χ0v) is 20.6. The number of halogens is 4. The minimum Gasteiger partial charge on any atom is -0.396 e. The summed E-state index contributed by atoms with van der Waals surface area (Å²) in [5, 5.41) is 8.08. The molecule has 17 heteroatoms. The van der Waals surface area contributed by atoms with Crippen LogP contribution in [0.25, 0.3) is 44.4 Å². The molecule has 0 fully saturated rings. The number of hydrazine groups is 1. The molecule has 0 saturated heterocycles. The molecule has 5 aromatic rings. The summed E-state index contributed by atoms with van der Waals surface area (Å²) in [7, 11) is 0. The molecule has 5 rings (SSSR count). The van der Waals surface area contributed by atoms with E-state index in [1.165, 1.54) is 18.2 Å². The Balaban J connectivity index is 1.73. The van der Waals surface area contributed by atoms with Gasteiger partial charge < -0.3 is 40.1 Å². The molecule has 0 radical (unpaired) electrons. The van der Waals surface area contributed by atoms with Crippen molar-refractivity contribution < 1.29 is 17.6 Å². The first-order chi connectivity index (χ1) is 19.3. The molecule has 3 heterocycles. The number of anilines is 5. The first kappa shape index (κ1) is 26.4. The highest BCUT2D eigenvalue weighted by atomic mass is 19.2. The Kier molecular flexibility index (Phi) is 5.95. The standard InChI is InChI=1S/C24H19F4N13/c25-13-11(20(31)32)14(26)16(28)12(15(13)27)24(36)41-40-10-3-7-6-2-9(30)22(34)39-18(6)19-8(17(7)37-23(10)35)1-5(4-29)21(33)38-19/h1-3,40-41H,30-32,36H2,(H2,33,38)(H2,34,39)(H2,35,37). The molecule has 0 aliphatic heterocycles. The predicted molar refractivity (Wildman–Crippen MR) is 146 cm³/mol. The molecule has 0 spiro atoms. The molecule has 0 bridgehead atoms. The quantitative estimate of drug-likeness (QED) is 0.0590. The number of rotatable bonds is 3. The molecule has 0 atom stereocenters. The van der Waals surface area contributed by atoms with Gasteiger partial charge >= 0.3 is 0 Å². The van der Waals surface area contributed by atoms with Crippen molar-refractivity contribution in [3.05, 3.63) is 57.5 Å². The maximum atomic E-state index is 14.6. The zero-order valence-electron chi connectivity index (χ0n) is 20.6. The molecule has 2 aromatic carbocycles. The van der Waals surface area contributed by atoms with E-state index in [1.807, 2.05) is 6.07 Å². The lowest BCUT2D eigenvalue weighted by Gasteiger charge is -2.16. The second kappa shape index (κ2) is 9.23. The van der Waals surface area contributed by atoms with E-state index in [-0.39, 0.29) is 50.9 Å². The van der Waals surface area contributed by atoms with Crippen LogP contribution in [-0.4, -0.2) is 15.0 Å². The smallest absolute Gasteiger partial charge is 0.173 e. The predicted octanol–water partition coefficient (Wildman–Crippen LogP) is -0.288. The third-order valence-electron chi connectivity index (χ3n) is 6.23. The van der Waals surface area contributed by atoms with Gasteiger partial charge in [-0.2, -0.15) is 5.26 Å². The molecule has 0 aliphatic carbocycles. The van der Waals surface area contributed by atoms with Gasteiger partial charge in [-0.15, -0.1) is 0 Å². The minimum atomic E-state index is -1.85. The molecule has 3 aromatic heterocycles. The van der Waals surface area contributed by atoms with Crippen LogP contribution in [0.4, 0.5) is 46.4 Å². The van der Waals surface area contributed by atoms with Crippen LogP contribution in [0.15, 0.2) is 18.2 Å². The van der Waals surface area contributed by atoms with Crippen LogP contribution in [0.1, 0.15) is 5.56 Å². The monoisotopic (exact) mass is 565 g/mol. The van der Waals surface area contributed by atoms with Crippen molar-refractivity contribution in [3.8, 4) is 6.07 Å². The molecule has 0 amide bonds. The molecular weight excluding hydrogens is 546 g/mol. The van der Waals surface area contributed by atoms with Crippen molar-refractivity contribution in [3.63, 3.8) is 0 Å². The molecule has 0 unspecified atom stereocenters. The van der Waals surface area contributed by atoms with Crippen molar-refractivity contribution in [1.82, 2.24) is 20.4 Å². The Labute approximate surface area is 225 Å². The van der Waals surface area contributed by atoms with Gasteiger partial charge in [-0.1, -0.05) is 0 Å². The van der Waals surface area contributed by atoms with Crippen LogP contribution in [0.3, 0.4) is 0 Å². The number of nitrogens with one attached hydrogen (secondary N) is 2. The summed E-state index contributed by atoms with van der Waals surface area (Å²) in [4.78, 5) is 13.0. The molecule has 0 saturated carbocycles. The van der Waals surface area contributed by atoms with Gasteiger partial charge in [0.15, 0.2) is 23.3 Å². The van der Waals surface area contributed by atoms with E-state index in [4.69, 9.17) is 40.1 Å². The number of aromatic nitrogens is 3. The lowest BCUT2D eigenvalue weighted by Crippen LogP contribution is -2.39. The largest absolute Gasteiger partial charge is 0.396 e. The van der Waals surface area contributed by atoms with Crippen molar-refractivity contribution >= 4 is 73.2 Å². The summed E-state index contributed by atoms with van der Waals surface area (Å²) in [5.74, 6) is -9.41. The molecular formula is C24H19F4N13. The first-order valence-corrected chi connectivity index (χ1v) is 11.3. The van der Waals surface area contributed by atoms with Gasteiger partial charge in [0.2, 0.25) is 0 Å². The lowest BCUT2D eigenvalue weighted by molar-refractivity contribution is 0.432. The SMILES string of the molecule is N#Cc1cc2c3nc(N)c(NNC(N)=c4c(F)c(F)c(=C(N)N)c(F)c4F)cc3c3cc(N)c(N)nc3c2nc1N. The summed E-state index contributed by atoms with van der Waals surface area (Å²) in [6, 6.07) is 6.38. The number of nitrogens with zero attached hydrogens (tertiary/aromatic N) is 4. The molecule has 41 heavy (non-hydrogen) atoms. The summed E-state index contributed by atoms with van der Waals surface area (Å²) in [5.41, 5.74) is 45.8. The topological polar surface area (TPSA) is 269 Å². The number of hydrogen-bond donors (Lipinski definition) is 9. The Bertz CT molecular complexity index is 2100. The van der Waals surface area contributed by atoms with Crippen LogP contribution in [0.2, 0.25) is 0 Å². The summed E-state index contributed by atoms with van der Waals surface area (Å²) in [6.45, 7) is 0. The van der Waals surface area contributed by atoms with Gasteiger partial charge in [0, 0.05) is 16.2 Å². The van der Waals surface area contributed by atoms with Gasteiger partial charge in [0.05, 0.1) is 38.4 Å². The number of fused-ring (bicyclic) bond motifs is 6. The van der Waals surface area contributed by atoms with Crippen LogP contribution >= 0.6 is 0 Å². The van der Waals surface area contributed by atoms with Gasteiger partial charge in [-0.05, 0) is 18.2 Å². The number of hydrogen-bond acceptors (Lipinski definition) is 13. The highest BCUT2D eigenvalue weighted by molar-refractivity contribution is 6.23. The van der Waals surface area contributed by atoms with Crippen molar-refractivity contribution in [2.45, 2.75) is 0 Å². The number of benzene rings is 2. The van der Waals surface area contributed by atoms with Crippen LogP contribution in [0.5, 0.6) is 0 Å².